The highest BCUT2D eigenvalue weighted by Crippen LogP contribution is 2.37. The van der Waals surface area contributed by atoms with E-state index in [0.717, 1.165) is 15.8 Å². The van der Waals surface area contributed by atoms with E-state index in [1.165, 1.54) is 17.4 Å². The van der Waals surface area contributed by atoms with Gasteiger partial charge in [0.25, 0.3) is 6.43 Å². The first-order chi connectivity index (χ1) is 17.5. The Morgan fingerprint density at radius 3 is 2.58 bits per heavy atom. The van der Waals surface area contributed by atoms with Gasteiger partial charge in [0.2, 0.25) is 5.82 Å². The molecule has 0 bridgehead atoms. The maximum atomic E-state index is 13.2. The van der Waals surface area contributed by atoms with Crippen LogP contribution in [-0.2, 0) is 6.61 Å². The smallest absolute Gasteiger partial charge is 0.280 e. The number of furan rings is 1. The van der Waals surface area contributed by atoms with Crippen molar-refractivity contribution in [1.82, 2.24) is 24.6 Å². The molecule has 6 aromatic rings. The average molecular weight is 508 g/mol. The van der Waals surface area contributed by atoms with E-state index in [2.05, 4.69) is 20.1 Å². The Bertz CT molecular complexity index is 1710. The van der Waals surface area contributed by atoms with Crippen molar-refractivity contribution in [2.75, 3.05) is 6.61 Å². The second-order valence-corrected chi connectivity index (χ2v) is 9.03. The molecule has 0 unspecified atom stereocenters. The summed E-state index contributed by atoms with van der Waals surface area (Å²) < 4.78 is 45.9. The minimum absolute atomic E-state index is 0.237. The quantitative estimate of drug-likeness (QED) is 0.248. The molecule has 6 rings (SSSR count). The minimum atomic E-state index is -2.64. The van der Waals surface area contributed by atoms with E-state index in [1.54, 1.807) is 23.8 Å². The fourth-order valence-corrected chi connectivity index (χ4v) is 5.17. The van der Waals surface area contributed by atoms with E-state index in [9.17, 15) is 8.78 Å². The number of ether oxygens (including phenoxy) is 2. The lowest BCUT2D eigenvalue weighted by Gasteiger charge is -2.06. The lowest BCUT2D eigenvalue weighted by atomic mass is 10.1. The molecule has 8 nitrogen and oxygen atoms in total. The molecule has 11 heteroatoms. The second kappa shape index (κ2) is 8.83. The monoisotopic (exact) mass is 507 g/mol. The molecule has 0 aliphatic rings. The molecule has 0 radical (unpaired) electrons. The van der Waals surface area contributed by atoms with E-state index >= 15 is 0 Å². The lowest BCUT2D eigenvalue weighted by molar-refractivity contribution is 0.146. The number of alkyl halides is 2. The Morgan fingerprint density at radius 1 is 1.06 bits per heavy atom. The topological polar surface area (TPSA) is 87.6 Å². The zero-order valence-electron chi connectivity index (χ0n) is 19.2. The largest absolute Gasteiger partial charge is 0.494 e. The molecule has 0 saturated carbocycles. The molecule has 0 aliphatic heterocycles. The summed E-state index contributed by atoms with van der Waals surface area (Å²) in [4.78, 5) is 13.8. The highest BCUT2D eigenvalue weighted by Gasteiger charge is 2.20. The van der Waals surface area contributed by atoms with E-state index in [-0.39, 0.29) is 12.3 Å². The molecule has 1 aromatic carbocycles. The van der Waals surface area contributed by atoms with Crippen LogP contribution in [0.5, 0.6) is 11.5 Å². The van der Waals surface area contributed by atoms with Crippen molar-refractivity contribution in [2.24, 2.45) is 0 Å². The van der Waals surface area contributed by atoms with Crippen LogP contribution in [0.2, 0.25) is 0 Å². The van der Waals surface area contributed by atoms with Gasteiger partial charge >= 0.3 is 0 Å². The molecule has 5 aromatic heterocycles. The van der Waals surface area contributed by atoms with E-state index in [1.807, 2.05) is 37.3 Å². The number of aromatic nitrogens is 5. The summed E-state index contributed by atoms with van der Waals surface area (Å²) >= 11 is 1.27. The Kier molecular flexibility index (Phi) is 5.48. The number of fused-ring (bicyclic) bond motifs is 5. The predicted molar refractivity (Wildman–Crippen MR) is 131 cm³/mol. The first kappa shape index (κ1) is 22.4. The number of pyridine rings is 1. The summed E-state index contributed by atoms with van der Waals surface area (Å²) in [7, 11) is 0. The molecule has 0 atom stereocenters. The molecule has 36 heavy (non-hydrogen) atoms. The number of hydrogen-bond acceptors (Lipinski definition) is 8. The van der Waals surface area contributed by atoms with E-state index in [0.29, 0.717) is 51.3 Å². The van der Waals surface area contributed by atoms with Crippen LogP contribution >= 0.6 is 11.3 Å². The Morgan fingerprint density at radius 2 is 1.83 bits per heavy atom. The zero-order chi connectivity index (χ0) is 24.8. The molecule has 0 amide bonds. The standard InChI is InChI=1S/C25H19F2N5O3S/c1-3-33-14-4-6-15(7-5-14)34-11-16-8-9-18(35-16)23-30-24-21-20(28-12-32(24)31-23)19-13(2)10-17(22(26)27)29-25(19)36-21/h4-10,12,22H,3,11H2,1-2H3. The van der Waals surface area contributed by atoms with E-state index in [4.69, 9.17) is 13.9 Å². The Hall–Kier alpha value is -4.12. The molecular weight excluding hydrogens is 488 g/mol. The van der Waals surface area contributed by atoms with Gasteiger partial charge < -0.3 is 13.9 Å². The van der Waals surface area contributed by atoms with Crippen molar-refractivity contribution in [3.63, 3.8) is 0 Å². The average Bonchev–Trinajstić information content (AvgIpc) is 3.59. The van der Waals surface area contributed by atoms with Gasteiger partial charge in [0.1, 0.15) is 45.4 Å². The number of hydrogen-bond donors (Lipinski definition) is 0. The number of thiophene rings is 1. The summed E-state index contributed by atoms with van der Waals surface area (Å²) in [6, 6.07) is 12.4. The van der Waals surface area contributed by atoms with E-state index < -0.39 is 6.43 Å². The fraction of sp³-hybridized carbons (Fsp3) is 0.200. The van der Waals surface area contributed by atoms with Crippen molar-refractivity contribution in [3.8, 4) is 23.1 Å². The zero-order valence-corrected chi connectivity index (χ0v) is 20.1. The third-order valence-electron chi connectivity index (χ3n) is 5.61. The van der Waals surface area contributed by atoms with Crippen LogP contribution in [0.4, 0.5) is 8.78 Å². The van der Waals surface area contributed by atoms with Crippen LogP contribution in [0.25, 0.3) is 37.7 Å². The van der Waals surface area contributed by atoms with Crippen molar-refractivity contribution >= 4 is 37.4 Å². The van der Waals surface area contributed by atoms with Gasteiger partial charge in [-0.3, -0.25) is 0 Å². The summed E-state index contributed by atoms with van der Waals surface area (Å²) in [6.45, 7) is 4.55. The highest BCUT2D eigenvalue weighted by atomic mass is 32.1. The minimum Gasteiger partial charge on any atom is -0.494 e. The van der Waals surface area contributed by atoms with Gasteiger partial charge in [0.15, 0.2) is 11.4 Å². The highest BCUT2D eigenvalue weighted by molar-refractivity contribution is 7.26. The number of aryl methyl sites for hydroxylation is 1. The second-order valence-electron chi connectivity index (χ2n) is 8.03. The maximum Gasteiger partial charge on any atom is 0.280 e. The van der Waals surface area contributed by atoms with Gasteiger partial charge in [-0.15, -0.1) is 16.4 Å². The van der Waals surface area contributed by atoms with Gasteiger partial charge in [-0.25, -0.2) is 28.2 Å². The van der Waals surface area contributed by atoms with Crippen LogP contribution in [0.3, 0.4) is 0 Å². The third kappa shape index (κ3) is 3.91. The number of nitrogens with zero attached hydrogens (tertiary/aromatic N) is 5. The van der Waals surface area contributed by atoms with Gasteiger partial charge in [0, 0.05) is 5.39 Å². The van der Waals surface area contributed by atoms with Crippen molar-refractivity contribution in [3.05, 3.63) is 65.8 Å². The van der Waals surface area contributed by atoms with Gasteiger partial charge in [-0.1, -0.05) is 0 Å². The summed E-state index contributed by atoms with van der Waals surface area (Å²) in [5, 5.41) is 5.24. The first-order valence-corrected chi connectivity index (χ1v) is 12.0. The van der Waals surface area contributed by atoms with Crippen LogP contribution in [0, 0.1) is 6.92 Å². The maximum absolute atomic E-state index is 13.2. The van der Waals surface area contributed by atoms with Crippen LogP contribution in [-0.4, -0.2) is 31.2 Å². The summed E-state index contributed by atoms with van der Waals surface area (Å²) in [6.07, 6.45) is -1.09. The molecule has 0 fully saturated rings. The molecule has 0 spiro atoms. The van der Waals surface area contributed by atoms with Crippen LogP contribution in [0.1, 0.15) is 30.4 Å². The first-order valence-electron chi connectivity index (χ1n) is 11.2. The molecule has 182 valence electrons. The molecule has 0 aliphatic carbocycles. The third-order valence-corrected chi connectivity index (χ3v) is 6.67. The molecule has 0 saturated heterocycles. The van der Waals surface area contributed by atoms with Gasteiger partial charge in [0.05, 0.1) is 12.1 Å². The van der Waals surface area contributed by atoms with Gasteiger partial charge in [-0.05, 0) is 61.9 Å². The SMILES string of the molecule is CCOc1ccc(OCc2ccc(-c3nc4c5sc6nc(C(F)F)cc(C)c6c5ncn4n3)o2)cc1. The normalized spacial score (nSPS) is 11.8. The summed E-state index contributed by atoms with van der Waals surface area (Å²) in [5.74, 6) is 2.95. The number of rotatable bonds is 7. The molecule has 5 heterocycles. The number of halogens is 2. The Labute approximate surface area is 207 Å². The fourth-order valence-electron chi connectivity index (χ4n) is 3.98. The van der Waals surface area contributed by atoms with Crippen molar-refractivity contribution in [2.45, 2.75) is 26.9 Å². The molecular formula is C25H19F2N5O3S. The molecule has 0 N–H and O–H groups in total. The van der Waals surface area contributed by atoms with Crippen molar-refractivity contribution in [1.29, 1.82) is 0 Å². The van der Waals surface area contributed by atoms with Gasteiger partial charge in [-0.2, -0.15) is 0 Å². The lowest BCUT2D eigenvalue weighted by Crippen LogP contribution is -1.94. The van der Waals surface area contributed by atoms with Crippen LogP contribution in [0.15, 0.2) is 53.2 Å². The summed E-state index contributed by atoms with van der Waals surface area (Å²) in [5.41, 5.74) is 1.66. The van der Waals surface area contributed by atoms with Crippen LogP contribution < -0.4 is 9.47 Å². The number of benzene rings is 1. The predicted octanol–water partition coefficient (Wildman–Crippen LogP) is 6.37. The Balaban J connectivity index is 1.29. The van der Waals surface area contributed by atoms with Crippen molar-refractivity contribution < 1.29 is 22.7 Å².